The summed E-state index contributed by atoms with van der Waals surface area (Å²) in [6, 6.07) is 34.7. The van der Waals surface area contributed by atoms with E-state index in [1.807, 2.05) is 0 Å². The van der Waals surface area contributed by atoms with Crippen LogP contribution in [-0.2, 0) is 42.9 Å². The zero-order chi connectivity index (χ0) is 39.8. The summed E-state index contributed by atoms with van der Waals surface area (Å²) in [7, 11) is 0. The fraction of sp³-hybridized carbons (Fsp3) is 0.453. The normalized spacial score (nSPS) is 15.8. The number of benzene rings is 4. The minimum Gasteiger partial charge on any atom is -1.00 e. The molecule has 6 rings (SSSR count). The van der Waals surface area contributed by atoms with Gasteiger partial charge in [0.2, 0.25) is 0 Å². The molecule has 4 aromatic rings. The van der Waals surface area contributed by atoms with Crippen molar-refractivity contribution in [1.29, 1.82) is 0 Å². The molecule has 1 unspecified atom stereocenters. The van der Waals surface area contributed by atoms with Gasteiger partial charge in [0, 0.05) is 0 Å². The number of fused-ring (bicyclic) bond motifs is 3. The summed E-state index contributed by atoms with van der Waals surface area (Å²) in [5.74, 6) is 0.454. The fourth-order valence-corrected chi connectivity index (χ4v) is 18.2. The monoisotopic (exact) mass is 864 g/mol. The second kappa shape index (κ2) is 16.4. The van der Waals surface area contributed by atoms with Crippen LogP contribution in [-0.4, -0.2) is 3.21 Å². The van der Waals surface area contributed by atoms with Gasteiger partial charge in [-0.3, -0.25) is 0 Å². The minimum atomic E-state index is -3.03. The van der Waals surface area contributed by atoms with Gasteiger partial charge in [-0.05, 0) is 0 Å². The van der Waals surface area contributed by atoms with Crippen LogP contribution in [0.4, 0.5) is 0 Å². The average Bonchev–Trinajstić information content (AvgIpc) is 3.65. The van der Waals surface area contributed by atoms with Gasteiger partial charge in [0.1, 0.15) is 0 Å². The van der Waals surface area contributed by atoms with Crippen molar-refractivity contribution >= 4 is 3.21 Å². The second-order valence-corrected chi connectivity index (χ2v) is 27.6. The largest absolute Gasteiger partial charge is 1.00 e. The summed E-state index contributed by atoms with van der Waals surface area (Å²) in [5.41, 5.74) is 16.4. The van der Waals surface area contributed by atoms with Gasteiger partial charge in [0.05, 0.1) is 0 Å². The van der Waals surface area contributed by atoms with Crippen molar-refractivity contribution in [2.75, 3.05) is 0 Å². The molecule has 2 aliphatic carbocycles. The molecule has 0 aromatic heterocycles. The SMILES string of the molecule is CCC1C=C(C(C)(C)C)C=[C]1[Zr+2](=[C](c1ccc(C(C)(C)C)cc1)c1ccc(C(C)(C)C)cc1)[CH]1c2cc(C(C)(C)C)ccc2-c2ccc(C(C)(C)C)cc21.[Cl-].[Cl-]. The van der Waals surface area contributed by atoms with E-state index in [1.54, 1.807) is 17.6 Å². The first kappa shape index (κ1) is 46.4. The van der Waals surface area contributed by atoms with Gasteiger partial charge in [-0.25, -0.2) is 0 Å². The minimum absolute atomic E-state index is 0. The molecular formula is C53H68Cl2Zr. The summed E-state index contributed by atoms with van der Waals surface area (Å²) in [6.07, 6.45) is 6.51. The third kappa shape index (κ3) is 9.27. The molecule has 0 heterocycles. The fourth-order valence-electron chi connectivity index (χ4n) is 8.42. The Bertz CT molecular complexity index is 2020. The van der Waals surface area contributed by atoms with E-state index in [4.69, 9.17) is 0 Å². The van der Waals surface area contributed by atoms with Gasteiger partial charge in [-0.1, -0.05) is 0 Å². The molecule has 0 bridgehead atoms. The van der Waals surface area contributed by atoms with Crippen LogP contribution in [0, 0.1) is 11.3 Å². The summed E-state index contributed by atoms with van der Waals surface area (Å²) in [5, 5.41) is 0. The Labute approximate surface area is 362 Å². The van der Waals surface area contributed by atoms with E-state index in [0.29, 0.717) is 9.54 Å². The zero-order valence-electron chi connectivity index (χ0n) is 37.4. The molecule has 0 N–H and O–H groups in total. The molecule has 3 heteroatoms. The molecule has 298 valence electrons. The molecule has 0 nitrogen and oxygen atoms in total. The summed E-state index contributed by atoms with van der Waals surface area (Å²) >= 11 is -3.03. The first-order valence-electron chi connectivity index (χ1n) is 20.6. The molecule has 4 aromatic carbocycles. The van der Waals surface area contributed by atoms with Crippen molar-refractivity contribution in [1.82, 2.24) is 0 Å². The predicted molar refractivity (Wildman–Crippen MR) is 234 cm³/mol. The van der Waals surface area contributed by atoms with Crippen LogP contribution in [0.15, 0.2) is 106 Å². The van der Waals surface area contributed by atoms with Crippen LogP contribution in [0.25, 0.3) is 11.1 Å². The van der Waals surface area contributed by atoms with Crippen molar-refractivity contribution in [3.8, 4) is 11.1 Å². The quantitative estimate of drug-likeness (QED) is 0.189. The Morgan fingerprint density at radius 2 is 0.839 bits per heavy atom. The number of hydrogen-bond acceptors (Lipinski definition) is 0. The first-order valence-corrected chi connectivity index (χ1v) is 24.5. The van der Waals surface area contributed by atoms with Crippen LogP contribution in [0.2, 0.25) is 0 Å². The Morgan fingerprint density at radius 3 is 1.16 bits per heavy atom. The molecule has 0 radical (unpaired) electrons. The van der Waals surface area contributed by atoms with E-state index < -0.39 is 21.3 Å². The molecule has 0 saturated heterocycles. The maximum Gasteiger partial charge on any atom is -1.00 e. The van der Waals surface area contributed by atoms with Gasteiger partial charge in [-0.15, -0.1) is 0 Å². The molecule has 0 amide bonds. The van der Waals surface area contributed by atoms with Gasteiger partial charge in [-0.2, -0.15) is 0 Å². The van der Waals surface area contributed by atoms with Crippen LogP contribution >= 0.6 is 0 Å². The molecule has 0 spiro atoms. The smallest absolute Gasteiger partial charge is 1.00 e. The number of allylic oxidation sites excluding steroid dienone is 4. The first-order chi connectivity index (χ1) is 24.9. The molecule has 0 aliphatic heterocycles. The topological polar surface area (TPSA) is 0 Å². The number of hydrogen-bond donors (Lipinski definition) is 0. The van der Waals surface area contributed by atoms with E-state index in [-0.39, 0.29) is 51.9 Å². The van der Waals surface area contributed by atoms with Gasteiger partial charge in [0.15, 0.2) is 0 Å². The third-order valence-corrected chi connectivity index (χ3v) is 20.6. The van der Waals surface area contributed by atoms with Crippen LogP contribution in [0.1, 0.15) is 165 Å². The standard InChI is InChI=1S/C21H25.C21H26.C11H17.2ClH.Zr/c1-20(2,3)16-7-9-18-14(12-16)11-15-13-17(21(4,5)6)8-10-19(15)18;1-20(2,3)18-11-7-16(8-12-18)15-17-9-13-19(14-10-17)21(4,5)6;1-5-9-6-7-10(8-9)11(2,3)4;;;/h7-13H,1-6H3;7-14H,1-6H3;7-9H,5H2,1-4H3;2*1H;/q;;;;;+2/p-2. The Hall–Kier alpha value is -2.31. The van der Waals surface area contributed by atoms with E-state index in [1.165, 1.54) is 50.1 Å². The number of halogens is 2. The van der Waals surface area contributed by atoms with E-state index in [9.17, 15) is 0 Å². The van der Waals surface area contributed by atoms with Crippen molar-refractivity contribution in [3.63, 3.8) is 0 Å². The van der Waals surface area contributed by atoms with Crippen LogP contribution < -0.4 is 24.8 Å². The molecule has 2 aliphatic rings. The van der Waals surface area contributed by atoms with E-state index in [2.05, 4.69) is 208 Å². The van der Waals surface area contributed by atoms with E-state index >= 15 is 0 Å². The van der Waals surface area contributed by atoms with Crippen molar-refractivity contribution in [2.45, 2.75) is 142 Å². The average molecular weight is 867 g/mol. The maximum atomic E-state index is 2.72. The molecule has 0 fully saturated rings. The van der Waals surface area contributed by atoms with Gasteiger partial charge < -0.3 is 24.8 Å². The van der Waals surface area contributed by atoms with Crippen LogP contribution in [0.3, 0.4) is 0 Å². The molecule has 56 heavy (non-hydrogen) atoms. The van der Waals surface area contributed by atoms with Gasteiger partial charge >= 0.3 is 340 Å². The molecule has 1 atom stereocenters. The van der Waals surface area contributed by atoms with Gasteiger partial charge in [0.25, 0.3) is 0 Å². The second-order valence-electron chi connectivity index (χ2n) is 21.5. The molecule has 0 saturated carbocycles. The summed E-state index contributed by atoms with van der Waals surface area (Å²) in [6.45, 7) is 37.9. The Balaban J connectivity index is 0.00000348. The van der Waals surface area contributed by atoms with Crippen molar-refractivity contribution in [2.24, 2.45) is 11.3 Å². The van der Waals surface area contributed by atoms with Crippen molar-refractivity contribution in [3.05, 3.63) is 150 Å². The summed E-state index contributed by atoms with van der Waals surface area (Å²) in [4.78, 5) is 0. The Kier molecular flexibility index (Phi) is 13.6. The Morgan fingerprint density at radius 1 is 0.482 bits per heavy atom. The van der Waals surface area contributed by atoms with Crippen LogP contribution in [0.5, 0.6) is 0 Å². The predicted octanol–water partition coefficient (Wildman–Crippen LogP) is 8.74. The molecular weight excluding hydrogens is 799 g/mol. The maximum absolute atomic E-state index is 3.03. The van der Waals surface area contributed by atoms with E-state index in [0.717, 1.165) is 6.42 Å². The summed E-state index contributed by atoms with van der Waals surface area (Å²) < 4.78 is 3.75. The third-order valence-electron chi connectivity index (χ3n) is 12.1. The zero-order valence-corrected chi connectivity index (χ0v) is 41.3. The number of rotatable bonds is 5. The van der Waals surface area contributed by atoms with Crippen molar-refractivity contribution < 1.29 is 46.1 Å².